The van der Waals surface area contributed by atoms with Gasteiger partial charge in [0, 0.05) is 24.9 Å². The van der Waals surface area contributed by atoms with E-state index in [1.807, 2.05) is 40.9 Å². The van der Waals surface area contributed by atoms with E-state index in [-0.39, 0.29) is 34.6 Å². The molecule has 3 unspecified atom stereocenters. The number of carbonyl (C=O) groups excluding carboxylic acids is 2. The third kappa shape index (κ3) is 5.30. The van der Waals surface area contributed by atoms with Crippen LogP contribution in [0.5, 0.6) is 0 Å². The third-order valence-corrected chi connectivity index (χ3v) is 5.18. The lowest BCUT2D eigenvalue weighted by molar-refractivity contribution is -0.142. The van der Waals surface area contributed by atoms with Gasteiger partial charge < -0.3 is 15.5 Å². The van der Waals surface area contributed by atoms with Gasteiger partial charge in [0.1, 0.15) is 5.54 Å². The minimum absolute atomic E-state index is 0.0277. The first kappa shape index (κ1) is 21.7. The summed E-state index contributed by atoms with van der Waals surface area (Å²) in [5.41, 5.74) is -1.24. The average Bonchev–Trinajstić information content (AvgIpc) is 2.38. The van der Waals surface area contributed by atoms with E-state index in [0.717, 1.165) is 13.0 Å². The molecule has 0 heterocycles. The van der Waals surface area contributed by atoms with Crippen LogP contribution in [-0.4, -0.2) is 48.4 Å². The number of carbonyl (C=O) groups is 2. The van der Waals surface area contributed by atoms with Gasteiger partial charge in [-0.05, 0) is 59.0 Å². The second kappa shape index (κ2) is 7.48. The largest absolute Gasteiger partial charge is 0.349 e. The molecule has 0 aliphatic heterocycles. The molecule has 0 radical (unpaired) electrons. The molecule has 5 heteroatoms. The van der Waals surface area contributed by atoms with E-state index in [2.05, 4.69) is 36.0 Å². The Morgan fingerprint density at radius 2 is 1.80 bits per heavy atom. The van der Waals surface area contributed by atoms with E-state index in [0.29, 0.717) is 6.42 Å². The highest BCUT2D eigenvalue weighted by molar-refractivity contribution is 5.92. The summed E-state index contributed by atoms with van der Waals surface area (Å²) in [6.07, 6.45) is 3.36. The smallest absolute Gasteiger partial charge is 0.246 e. The van der Waals surface area contributed by atoms with E-state index in [9.17, 15) is 9.59 Å². The Hall–Kier alpha value is -1.36. The molecular formula is C20H37N3O2. The summed E-state index contributed by atoms with van der Waals surface area (Å²) in [5.74, 6) is -0.0804. The molecule has 2 amide bonds. The van der Waals surface area contributed by atoms with Gasteiger partial charge in [0.2, 0.25) is 11.8 Å². The van der Waals surface area contributed by atoms with E-state index in [1.54, 1.807) is 0 Å². The highest BCUT2D eigenvalue weighted by atomic mass is 16.2. The van der Waals surface area contributed by atoms with Crippen molar-refractivity contribution in [1.82, 2.24) is 15.5 Å². The lowest BCUT2D eigenvalue weighted by Gasteiger charge is -2.53. The van der Waals surface area contributed by atoms with Crippen molar-refractivity contribution in [3.05, 3.63) is 12.7 Å². The van der Waals surface area contributed by atoms with E-state index < -0.39 is 5.54 Å². The molecule has 0 bridgehead atoms. The topological polar surface area (TPSA) is 61.4 Å². The van der Waals surface area contributed by atoms with Gasteiger partial charge in [-0.1, -0.05) is 19.9 Å². The fourth-order valence-corrected chi connectivity index (χ4v) is 4.07. The highest BCUT2D eigenvalue weighted by Crippen LogP contribution is 2.49. The first-order chi connectivity index (χ1) is 11.2. The summed E-state index contributed by atoms with van der Waals surface area (Å²) < 4.78 is 0. The molecule has 0 saturated heterocycles. The molecule has 0 spiro atoms. The van der Waals surface area contributed by atoms with Gasteiger partial charge in [-0.25, -0.2) is 0 Å². The fourth-order valence-electron chi connectivity index (χ4n) is 4.07. The zero-order chi connectivity index (χ0) is 19.6. The normalized spacial score (nSPS) is 29.2. The number of rotatable bonds is 5. The maximum atomic E-state index is 13.4. The number of amides is 2. The maximum Gasteiger partial charge on any atom is 0.246 e. The van der Waals surface area contributed by atoms with Crippen molar-refractivity contribution in [2.75, 3.05) is 20.6 Å². The van der Waals surface area contributed by atoms with Crippen LogP contribution in [0.1, 0.15) is 54.4 Å². The predicted octanol–water partition coefficient (Wildman–Crippen LogP) is 2.58. The van der Waals surface area contributed by atoms with Crippen LogP contribution < -0.4 is 10.6 Å². The molecule has 144 valence electrons. The standard InChI is InChI=1S/C20H37N3O2/c1-10-15-12-20(21-14(2)24,17(25)22-18(3,4)5)16(13-23(8)9)11-19(15,6)7/h10,15-16H,1,11-13H2,2-9H3,(H,21,24)(H,22,25). The van der Waals surface area contributed by atoms with E-state index in [4.69, 9.17) is 0 Å². The van der Waals surface area contributed by atoms with Crippen LogP contribution in [0.3, 0.4) is 0 Å². The predicted molar refractivity (Wildman–Crippen MR) is 103 cm³/mol. The maximum absolute atomic E-state index is 13.4. The second-order valence-electron chi connectivity index (χ2n) is 9.55. The van der Waals surface area contributed by atoms with Gasteiger partial charge in [0.05, 0.1) is 0 Å². The molecular weight excluding hydrogens is 314 g/mol. The molecule has 25 heavy (non-hydrogen) atoms. The Labute approximate surface area is 153 Å². The molecule has 0 aromatic rings. The quantitative estimate of drug-likeness (QED) is 0.749. The molecule has 1 aliphatic rings. The summed E-state index contributed by atoms with van der Waals surface area (Å²) in [6.45, 7) is 16.6. The molecule has 1 saturated carbocycles. The van der Waals surface area contributed by atoms with Crippen LogP contribution in [0.15, 0.2) is 12.7 Å². The summed E-state index contributed by atoms with van der Waals surface area (Å²) >= 11 is 0. The molecule has 5 nitrogen and oxygen atoms in total. The monoisotopic (exact) mass is 351 g/mol. The molecule has 2 N–H and O–H groups in total. The van der Waals surface area contributed by atoms with Crippen molar-refractivity contribution in [2.24, 2.45) is 17.3 Å². The van der Waals surface area contributed by atoms with Crippen molar-refractivity contribution in [2.45, 2.75) is 65.5 Å². The van der Waals surface area contributed by atoms with Crippen molar-refractivity contribution < 1.29 is 9.59 Å². The Balaban J connectivity index is 3.41. The fraction of sp³-hybridized carbons (Fsp3) is 0.800. The number of nitrogens with one attached hydrogen (secondary N) is 2. The molecule has 1 fully saturated rings. The zero-order valence-electron chi connectivity index (χ0n) is 17.3. The first-order valence-electron chi connectivity index (χ1n) is 9.12. The Morgan fingerprint density at radius 1 is 1.24 bits per heavy atom. The van der Waals surface area contributed by atoms with Crippen LogP contribution in [0.4, 0.5) is 0 Å². The van der Waals surface area contributed by atoms with Gasteiger partial charge in [0.25, 0.3) is 0 Å². The van der Waals surface area contributed by atoms with Crippen molar-refractivity contribution in [3.8, 4) is 0 Å². The van der Waals surface area contributed by atoms with Crippen LogP contribution in [0.25, 0.3) is 0 Å². The van der Waals surface area contributed by atoms with Crippen LogP contribution >= 0.6 is 0 Å². The van der Waals surface area contributed by atoms with Gasteiger partial charge in [0.15, 0.2) is 0 Å². The number of hydrogen-bond acceptors (Lipinski definition) is 3. The van der Waals surface area contributed by atoms with Crippen molar-refractivity contribution in [1.29, 1.82) is 0 Å². The summed E-state index contributed by atoms with van der Waals surface area (Å²) in [5, 5.41) is 6.15. The molecule has 0 aromatic heterocycles. The summed E-state index contributed by atoms with van der Waals surface area (Å²) in [7, 11) is 4.01. The van der Waals surface area contributed by atoms with Crippen molar-refractivity contribution in [3.63, 3.8) is 0 Å². The Morgan fingerprint density at radius 3 is 2.20 bits per heavy atom. The molecule has 3 atom stereocenters. The molecule has 1 aliphatic carbocycles. The van der Waals surface area contributed by atoms with Crippen LogP contribution in [0.2, 0.25) is 0 Å². The Bertz CT molecular complexity index is 520. The SMILES string of the molecule is C=CC1CC(NC(C)=O)(C(=O)NC(C)(C)C)C(CN(C)C)CC1(C)C. The first-order valence-corrected chi connectivity index (χ1v) is 9.12. The molecule has 1 rings (SSSR count). The number of hydrogen-bond donors (Lipinski definition) is 2. The second-order valence-corrected chi connectivity index (χ2v) is 9.55. The summed E-state index contributed by atoms with van der Waals surface area (Å²) in [4.78, 5) is 27.5. The van der Waals surface area contributed by atoms with E-state index in [1.165, 1.54) is 6.92 Å². The van der Waals surface area contributed by atoms with Gasteiger partial charge in [-0.15, -0.1) is 6.58 Å². The van der Waals surface area contributed by atoms with E-state index >= 15 is 0 Å². The average molecular weight is 352 g/mol. The minimum atomic E-state index is -0.919. The van der Waals surface area contributed by atoms with Crippen LogP contribution in [-0.2, 0) is 9.59 Å². The third-order valence-electron chi connectivity index (χ3n) is 5.18. The lowest BCUT2D eigenvalue weighted by Crippen LogP contribution is -2.69. The van der Waals surface area contributed by atoms with Gasteiger partial charge in [-0.3, -0.25) is 9.59 Å². The Kier molecular flexibility index (Phi) is 6.49. The number of nitrogens with zero attached hydrogens (tertiary/aromatic N) is 1. The molecule has 0 aromatic carbocycles. The summed E-state index contributed by atoms with van der Waals surface area (Å²) in [6, 6.07) is 0. The number of allylic oxidation sites excluding steroid dienone is 1. The van der Waals surface area contributed by atoms with Gasteiger partial charge in [-0.2, -0.15) is 0 Å². The highest BCUT2D eigenvalue weighted by Gasteiger charge is 2.55. The van der Waals surface area contributed by atoms with Gasteiger partial charge >= 0.3 is 0 Å². The zero-order valence-corrected chi connectivity index (χ0v) is 17.3. The minimum Gasteiger partial charge on any atom is -0.349 e. The lowest BCUT2D eigenvalue weighted by atomic mass is 9.57. The van der Waals surface area contributed by atoms with Crippen LogP contribution in [0, 0.1) is 17.3 Å². The van der Waals surface area contributed by atoms with Crippen molar-refractivity contribution >= 4 is 11.8 Å².